The lowest BCUT2D eigenvalue weighted by Gasteiger charge is -2.24. The van der Waals surface area contributed by atoms with Crippen LogP contribution in [0.1, 0.15) is 0 Å². The van der Waals surface area contributed by atoms with Crippen LogP contribution < -0.4 is 10.4 Å². The predicted octanol–water partition coefficient (Wildman–Crippen LogP) is 3.57. The Labute approximate surface area is 105 Å². The zero-order chi connectivity index (χ0) is 12.7. The Kier molecular flexibility index (Phi) is 3.73. The molecule has 0 bridgehead atoms. The molecule has 1 aromatic carbocycles. The molecule has 0 spiro atoms. The summed E-state index contributed by atoms with van der Waals surface area (Å²) in [5, 5.41) is 2.54. The lowest BCUT2D eigenvalue weighted by Crippen LogP contribution is -2.46. The van der Waals surface area contributed by atoms with Gasteiger partial charge in [-0.15, -0.1) is 0 Å². The molecule has 0 fully saturated rings. The van der Waals surface area contributed by atoms with Crippen molar-refractivity contribution in [2.45, 2.75) is 39.3 Å². The molecule has 0 amide bonds. The van der Waals surface area contributed by atoms with Crippen molar-refractivity contribution >= 4 is 38.1 Å². The highest BCUT2D eigenvalue weighted by Gasteiger charge is 2.26. The topological polar surface area (TPSA) is 0 Å². The van der Waals surface area contributed by atoms with Gasteiger partial charge in [0.15, 0.2) is 0 Å². The first-order chi connectivity index (χ1) is 7.03. The van der Waals surface area contributed by atoms with Gasteiger partial charge in [0.25, 0.3) is 0 Å². The summed E-state index contributed by atoms with van der Waals surface area (Å²) in [4.78, 5) is 0. The van der Waals surface area contributed by atoms with Gasteiger partial charge < -0.3 is 0 Å². The van der Waals surface area contributed by atoms with Crippen LogP contribution in [0, 0.1) is 5.82 Å². The number of hydrogen-bond donors (Lipinski definition) is 0. The first-order valence-corrected chi connectivity index (χ1v) is 12.9. The zero-order valence-corrected chi connectivity index (χ0v) is 13.7. The van der Waals surface area contributed by atoms with E-state index in [2.05, 4.69) is 45.3 Å². The smallest absolute Gasteiger partial charge is 0.141 e. The molecule has 0 nitrogen and oxygen atoms in total. The molecule has 0 aliphatic heterocycles. The highest BCUT2D eigenvalue weighted by atomic mass is 35.5. The van der Waals surface area contributed by atoms with Crippen LogP contribution in [0.2, 0.25) is 44.3 Å². The van der Waals surface area contributed by atoms with Crippen molar-refractivity contribution in [1.29, 1.82) is 0 Å². The van der Waals surface area contributed by atoms with Crippen molar-refractivity contribution in [2.24, 2.45) is 0 Å². The summed E-state index contributed by atoms with van der Waals surface area (Å²) in [6, 6.07) is 3.77. The molecule has 1 aromatic rings. The maximum atomic E-state index is 13.8. The largest absolute Gasteiger partial charge is 0.205 e. The van der Waals surface area contributed by atoms with Gasteiger partial charge >= 0.3 is 0 Å². The van der Waals surface area contributed by atoms with Crippen LogP contribution in [-0.4, -0.2) is 16.1 Å². The minimum Gasteiger partial charge on any atom is -0.205 e. The molecule has 16 heavy (non-hydrogen) atoms. The van der Waals surface area contributed by atoms with Crippen molar-refractivity contribution in [1.82, 2.24) is 0 Å². The number of halogens is 2. The minimum atomic E-state index is -1.57. The quantitative estimate of drug-likeness (QED) is 0.724. The van der Waals surface area contributed by atoms with Gasteiger partial charge in [-0.25, -0.2) is 4.39 Å². The third kappa shape index (κ3) is 2.96. The summed E-state index contributed by atoms with van der Waals surface area (Å²) >= 11 is 6.08. The summed E-state index contributed by atoms with van der Waals surface area (Å²) in [5.74, 6) is -0.251. The van der Waals surface area contributed by atoms with Crippen LogP contribution in [0.5, 0.6) is 0 Å². The third-order valence-electron chi connectivity index (χ3n) is 2.70. The van der Waals surface area contributed by atoms with Gasteiger partial charge in [-0.1, -0.05) is 62.1 Å². The van der Waals surface area contributed by atoms with E-state index in [1.807, 2.05) is 0 Å². The number of benzene rings is 1. The Morgan fingerprint density at radius 3 is 1.81 bits per heavy atom. The van der Waals surface area contributed by atoms with Crippen LogP contribution in [-0.2, 0) is 0 Å². The molecular weight excluding hydrogens is 255 g/mol. The second-order valence-corrected chi connectivity index (χ2v) is 16.8. The van der Waals surface area contributed by atoms with Gasteiger partial charge in [0, 0.05) is 0 Å². The zero-order valence-electron chi connectivity index (χ0n) is 10.9. The van der Waals surface area contributed by atoms with E-state index >= 15 is 0 Å². The normalized spacial score (nSPS) is 13.0. The summed E-state index contributed by atoms with van der Waals surface area (Å²) in [7, 11) is -3.04. The summed E-state index contributed by atoms with van der Waals surface area (Å²) in [6.07, 6.45) is 0. The Hall–Kier alpha value is -0.126. The number of hydrogen-bond acceptors (Lipinski definition) is 0. The van der Waals surface area contributed by atoms with Gasteiger partial charge in [0.2, 0.25) is 0 Å². The highest BCUT2D eigenvalue weighted by molar-refractivity contribution is 6.92. The molecule has 0 radical (unpaired) electrons. The molecule has 1 rings (SSSR count). The van der Waals surface area contributed by atoms with Crippen molar-refractivity contribution in [3.8, 4) is 0 Å². The van der Waals surface area contributed by atoms with Crippen molar-refractivity contribution in [3.63, 3.8) is 0 Å². The van der Waals surface area contributed by atoms with Gasteiger partial charge in [-0.05, 0) is 11.3 Å². The molecule has 0 N–H and O–H groups in total. The first-order valence-electron chi connectivity index (χ1n) is 5.53. The summed E-state index contributed by atoms with van der Waals surface area (Å²) in [6.45, 7) is 13.3. The second kappa shape index (κ2) is 4.28. The van der Waals surface area contributed by atoms with E-state index in [4.69, 9.17) is 11.6 Å². The van der Waals surface area contributed by atoms with Crippen molar-refractivity contribution in [2.75, 3.05) is 0 Å². The standard InChI is InChI=1S/C12H20ClFSi2/c1-15(2,3)9-7-10(14)12(13)11(8-9)16(4,5)6/h7-8H,1-6H3. The summed E-state index contributed by atoms with van der Waals surface area (Å²) < 4.78 is 13.8. The van der Waals surface area contributed by atoms with Crippen LogP contribution in [0.4, 0.5) is 4.39 Å². The Morgan fingerprint density at radius 2 is 1.44 bits per heavy atom. The Morgan fingerprint density at radius 1 is 0.938 bits per heavy atom. The van der Waals surface area contributed by atoms with Crippen LogP contribution in [0.15, 0.2) is 12.1 Å². The van der Waals surface area contributed by atoms with Crippen molar-refractivity contribution < 1.29 is 4.39 Å². The fourth-order valence-electron chi connectivity index (χ4n) is 1.57. The SMILES string of the molecule is C[Si](C)(C)c1cc(F)c(Cl)c([Si](C)(C)C)c1. The van der Waals surface area contributed by atoms with E-state index in [1.54, 1.807) is 6.07 Å². The monoisotopic (exact) mass is 274 g/mol. The average Bonchev–Trinajstić information content (AvgIpc) is 2.05. The van der Waals surface area contributed by atoms with E-state index in [-0.39, 0.29) is 5.82 Å². The van der Waals surface area contributed by atoms with Crippen LogP contribution >= 0.6 is 11.6 Å². The minimum absolute atomic E-state index is 0.251. The molecule has 4 heteroatoms. The maximum absolute atomic E-state index is 13.8. The Bertz CT molecular complexity index is 403. The van der Waals surface area contributed by atoms with E-state index in [1.165, 1.54) is 0 Å². The van der Waals surface area contributed by atoms with E-state index in [0.717, 1.165) is 10.4 Å². The lowest BCUT2D eigenvalue weighted by molar-refractivity contribution is 0.630. The molecule has 0 heterocycles. The summed E-state index contributed by atoms with van der Waals surface area (Å²) in [5.41, 5.74) is 0. The van der Waals surface area contributed by atoms with Gasteiger partial charge in [0.05, 0.1) is 21.2 Å². The molecular formula is C12H20ClFSi2. The van der Waals surface area contributed by atoms with Crippen LogP contribution in [0.25, 0.3) is 0 Å². The molecule has 0 saturated heterocycles. The van der Waals surface area contributed by atoms with E-state index < -0.39 is 16.1 Å². The third-order valence-corrected chi connectivity index (χ3v) is 7.28. The fraction of sp³-hybridized carbons (Fsp3) is 0.500. The fourth-order valence-corrected chi connectivity index (χ4v) is 5.18. The van der Waals surface area contributed by atoms with Crippen molar-refractivity contribution in [3.05, 3.63) is 23.0 Å². The highest BCUT2D eigenvalue weighted by Crippen LogP contribution is 2.17. The van der Waals surface area contributed by atoms with Gasteiger partial charge in [-0.3, -0.25) is 0 Å². The number of rotatable bonds is 2. The lowest BCUT2D eigenvalue weighted by atomic mass is 10.3. The van der Waals surface area contributed by atoms with Gasteiger partial charge in [0.1, 0.15) is 5.82 Å². The second-order valence-electron chi connectivity index (χ2n) is 6.32. The van der Waals surface area contributed by atoms with Crippen LogP contribution in [0.3, 0.4) is 0 Å². The predicted molar refractivity (Wildman–Crippen MR) is 77.4 cm³/mol. The molecule has 90 valence electrons. The van der Waals surface area contributed by atoms with E-state index in [9.17, 15) is 4.39 Å². The van der Waals surface area contributed by atoms with E-state index in [0.29, 0.717) is 5.02 Å². The average molecular weight is 275 g/mol. The molecule has 0 unspecified atom stereocenters. The Balaban J connectivity index is 3.46. The molecule has 0 aliphatic carbocycles. The molecule has 0 aromatic heterocycles. The molecule has 0 saturated carbocycles. The molecule has 0 atom stereocenters. The van der Waals surface area contributed by atoms with Gasteiger partial charge in [-0.2, -0.15) is 0 Å². The maximum Gasteiger partial charge on any atom is 0.141 e. The first kappa shape index (κ1) is 13.9. The molecule has 0 aliphatic rings.